The summed E-state index contributed by atoms with van der Waals surface area (Å²) in [5, 5.41) is 3.64. The average Bonchev–Trinajstić information content (AvgIpc) is 2.81. The van der Waals surface area contributed by atoms with Gasteiger partial charge in [-0.2, -0.15) is 11.8 Å². The first kappa shape index (κ1) is 13.9. The van der Waals surface area contributed by atoms with Gasteiger partial charge in [0.15, 0.2) is 0 Å². The fourth-order valence-corrected chi connectivity index (χ4v) is 3.92. The molecule has 4 heteroatoms. The molecule has 2 nitrogen and oxygen atoms in total. The van der Waals surface area contributed by atoms with E-state index in [0.29, 0.717) is 6.04 Å². The van der Waals surface area contributed by atoms with Crippen molar-refractivity contribution >= 4 is 33.2 Å². The van der Waals surface area contributed by atoms with E-state index in [1.807, 2.05) is 23.1 Å². The van der Waals surface area contributed by atoms with Gasteiger partial charge >= 0.3 is 0 Å². The molecule has 0 bridgehead atoms. The van der Waals surface area contributed by atoms with Gasteiger partial charge in [-0.3, -0.25) is 11.3 Å². The highest BCUT2D eigenvalue weighted by molar-refractivity contribution is 7.99. The van der Waals surface area contributed by atoms with Gasteiger partial charge in [0.2, 0.25) is 0 Å². The van der Waals surface area contributed by atoms with Crippen molar-refractivity contribution in [2.24, 2.45) is 5.84 Å². The number of benzene rings is 1. The maximum atomic E-state index is 5.66. The van der Waals surface area contributed by atoms with Crippen molar-refractivity contribution in [2.45, 2.75) is 25.8 Å². The van der Waals surface area contributed by atoms with E-state index >= 15 is 0 Å². The zero-order valence-corrected chi connectivity index (χ0v) is 12.3. The van der Waals surface area contributed by atoms with Crippen LogP contribution >= 0.6 is 23.1 Å². The smallest absolute Gasteiger partial charge is 0.0345 e. The Hall–Kier alpha value is -0.550. The third-order valence-electron chi connectivity index (χ3n) is 2.93. The number of rotatable bonds is 7. The highest BCUT2D eigenvalue weighted by atomic mass is 32.2. The van der Waals surface area contributed by atoms with Gasteiger partial charge in [0.1, 0.15) is 0 Å². The van der Waals surface area contributed by atoms with Gasteiger partial charge < -0.3 is 0 Å². The van der Waals surface area contributed by atoms with E-state index in [4.69, 9.17) is 5.84 Å². The van der Waals surface area contributed by atoms with Gasteiger partial charge in [-0.25, -0.2) is 0 Å². The Bertz CT molecular complexity index is 481. The second-order valence-corrected chi connectivity index (χ2v) is 6.46. The molecule has 0 fully saturated rings. The number of hydrazine groups is 1. The van der Waals surface area contributed by atoms with Crippen molar-refractivity contribution in [3.8, 4) is 0 Å². The van der Waals surface area contributed by atoms with E-state index < -0.39 is 0 Å². The first-order valence-electron chi connectivity index (χ1n) is 6.34. The van der Waals surface area contributed by atoms with E-state index in [0.717, 1.165) is 12.2 Å². The second-order valence-electron chi connectivity index (χ2n) is 4.40. The number of thioether (sulfide) groups is 1. The Morgan fingerprint density at radius 3 is 3.00 bits per heavy atom. The summed E-state index contributed by atoms with van der Waals surface area (Å²) in [4.78, 5) is 0. The molecule has 18 heavy (non-hydrogen) atoms. The molecule has 1 heterocycles. The zero-order valence-electron chi connectivity index (χ0n) is 10.7. The third-order valence-corrected chi connectivity index (χ3v) is 5.28. The van der Waals surface area contributed by atoms with Gasteiger partial charge in [0.05, 0.1) is 0 Å². The average molecular weight is 280 g/mol. The van der Waals surface area contributed by atoms with Crippen LogP contribution in [-0.4, -0.2) is 17.5 Å². The van der Waals surface area contributed by atoms with Crippen LogP contribution < -0.4 is 11.3 Å². The van der Waals surface area contributed by atoms with Gasteiger partial charge in [0, 0.05) is 16.5 Å². The van der Waals surface area contributed by atoms with E-state index in [-0.39, 0.29) is 0 Å². The third kappa shape index (κ3) is 3.48. The minimum atomic E-state index is 0.361. The summed E-state index contributed by atoms with van der Waals surface area (Å²) in [5.74, 6) is 7.94. The highest BCUT2D eigenvalue weighted by Gasteiger charge is 2.11. The lowest BCUT2D eigenvalue weighted by molar-refractivity contribution is 0.577. The Labute approximate surface area is 117 Å². The van der Waals surface area contributed by atoms with E-state index in [9.17, 15) is 0 Å². The molecule has 0 radical (unpaired) electrons. The lowest BCUT2D eigenvalue weighted by Gasteiger charge is -2.14. The van der Waals surface area contributed by atoms with Crippen molar-refractivity contribution in [1.29, 1.82) is 0 Å². The number of hydrogen-bond donors (Lipinski definition) is 2. The molecule has 0 spiro atoms. The molecule has 98 valence electrons. The van der Waals surface area contributed by atoms with Crippen LogP contribution in [0.4, 0.5) is 0 Å². The standard InChI is InChI=1S/C14H20N2S2/c1-2-7-17-10-12(16-15)8-11-9-18-14-6-4-3-5-13(11)14/h3-6,9,12,16H,2,7-8,10,15H2,1H3. The number of hydrogen-bond acceptors (Lipinski definition) is 4. The summed E-state index contributed by atoms with van der Waals surface area (Å²) in [6, 6.07) is 8.95. The molecule has 0 aliphatic heterocycles. The van der Waals surface area contributed by atoms with Crippen LogP contribution in [0.15, 0.2) is 29.6 Å². The topological polar surface area (TPSA) is 38.0 Å². The van der Waals surface area contributed by atoms with Gasteiger partial charge in [-0.1, -0.05) is 25.1 Å². The number of nitrogens with two attached hydrogens (primary N) is 1. The Balaban J connectivity index is 2.02. The molecule has 1 unspecified atom stereocenters. The van der Waals surface area contributed by atoms with Crippen LogP contribution in [0.5, 0.6) is 0 Å². The van der Waals surface area contributed by atoms with Gasteiger partial charge in [-0.15, -0.1) is 11.3 Å². The molecule has 1 aromatic heterocycles. The van der Waals surface area contributed by atoms with E-state index in [1.165, 1.54) is 27.8 Å². The molecule has 0 saturated carbocycles. The normalized spacial score (nSPS) is 13.0. The van der Waals surface area contributed by atoms with E-state index in [2.05, 4.69) is 42.0 Å². The maximum absolute atomic E-state index is 5.66. The van der Waals surface area contributed by atoms with E-state index in [1.54, 1.807) is 0 Å². The largest absolute Gasteiger partial charge is 0.271 e. The highest BCUT2D eigenvalue weighted by Crippen LogP contribution is 2.26. The van der Waals surface area contributed by atoms with Crippen LogP contribution in [-0.2, 0) is 6.42 Å². The summed E-state index contributed by atoms with van der Waals surface area (Å²) >= 11 is 3.79. The predicted molar refractivity (Wildman–Crippen MR) is 84.3 cm³/mol. The quantitative estimate of drug-likeness (QED) is 0.464. The van der Waals surface area contributed by atoms with Crippen molar-refractivity contribution in [3.05, 3.63) is 35.2 Å². The van der Waals surface area contributed by atoms with Crippen molar-refractivity contribution in [3.63, 3.8) is 0 Å². The summed E-state index contributed by atoms with van der Waals surface area (Å²) in [6.07, 6.45) is 2.24. The lowest BCUT2D eigenvalue weighted by Crippen LogP contribution is -2.38. The minimum Gasteiger partial charge on any atom is -0.271 e. The second kappa shape index (κ2) is 7.14. The van der Waals surface area contributed by atoms with Crippen molar-refractivity contribution in [2.75, 3.05) is 11.5 Å². The Morgan fingerprint density at radius 1 is 1.39 bits per heavy atom. The van der Waals surface area contributed by atoms with Gasteiger partial charge in [-0.05, 0) is 41.0 Å². The van der Waals surface area contributed by atoms with Crippen LogP contribution in [0.25, 0.3) is 10.1 Å². The molecule has 2 aromatic rings. The fourth-order valence-electron chi connectivity index (χ4n) is 1.99. The van der Waals surface area contributed by atoms with Crippen LogP contribution in [0, 0.1) is 0 Å². The number of nitrogens with one attached hydrogen (secondary N) is 1. The summed E-state index contributed by atoms with van der Waals surface area (Å²) in [7, 11) is 0. The molecule has 2 rings (SSSR count). The Kier molecular flexibility index (Phi) is 5.50. The summed E-state index contributed by atoms with van der Waals surface area (Å²) in [5.41, 5.74) is 4.36. The van der Waals surface area contributed by atoms with Crippen LogP contribution in [0.2, 0.25) is 0 Å². The molecule has 1 aromatic carbocycles. The molecule has 0 aliphatic carbocycles. The first-order chi connectivity index (χ1) is 8.85. The number of thiophene rings is 1. The molecule has 0 aliphatic rings. The van der Waals surface area contributed by atoms with Crippen LogP contribution in [0.1, 0.15) is 18.9 Å². The predicted octanol–water partition coefficient (Wildman–Crippen LogP) is 3.42. The first-order valence-corrected chi connectivity index (χ1v) is 8.37. The SMILES string of the molecule is CCCSCC(Cc1csc2ccccc12)NN. The Morgan fingerprint density at radius 2 is 2.22 bits per heavy atom. The maximum Gasteiger partial charge on any atom is 0.0345 e. The molecule has 0 saturated heterocycles. The molecular weight excluding hydrogens is 260 g/mol. The molecule has 1 atom stereocenters. The lowest BCUT2D eigenvalue weighted by atomic mass is 10.1. The summed E-state index contributed by atoms with van der Waals surface area (Å²) < 4.78 is 1.37. The number of fused-ring (bicyclic) bond motifs is 1. The molecule has 3 N–H and O–H groups in total. The minimum absolute atomic E-state index is 0.361. The monoisotopic (exact) mass is 280 g/mol. The van der Waals surface area contributed by atoms with Crippen molar-refractivity contribution < 1.29 is 0 Å². The van der Waals surface area contributed by atoms with Crippen LogP contribution in [0.3, 0.4) is 0 Å². The zero-order chi connectivity index (χ0) is 12.8. The molecule has 0 amide bonds. The fraction of sp³-hybridized carbons (Fsp3) is 0.429. The summed E-state index contributed by atoms with van der Waals surface area (Å²) in [6.45, 7) is 2.21. The molecular formula is C14H20N2S2. The van der Waals surface area contributed by atoms with Crippen molar-refractivity contribution in [1.82, 2.24) is 5.43 Å². The van der Waals surface area contributed by atoms with Gasteiger partial charge in [0.25, 0.3) is 0 Å².